The summed E-state index contributed by atoms with van der Waals surface area (Å²) < 4.78 is 15.5. The first kappa shape index (κ1) is 27.6. The maximum Gasteiger partial charge on any atom is 0.144 e. The van der Waals surface area contributed by atoms with Gasteiger partial charge in [0.1, 0.15) is 22.3 Å². The van der Waals surface area contributed by atoms with E-state index in [2.05, 4.69) is 150 Å². The van der Waals surface area contributed by atoms with Gasteiger partial charge >= 0.3 is 0 Å². The van der Waals surface area contributed by atoms with Gasteiger partial charge in [0, 0.05) is 54.5 Å². The highest BCUT2D eigenvalue weighted by atomic mass is 32.1. The maximum absolute atomic E-state index is 6.64. The summed E-state index contributed by atoms with van der Waals surface area (Å²) in [5, 5.41) is 9.29. The van der Waals surface area contributed by atoms with Crippen LogP contribution in [-0.2, 0) is 0 Å². The van der Waals surface area contributed by atoms with E-state index >= 15 is 0 Å². The average Bonchev–Trinajstić information content (AvgIpc) is 3.86. The van der Waals surface area contributed by atoms with Crippen LogP contribution in [0.5, 0.6) is 0 Å². The lowest BCUT2D eigenvalue weighted by Crippen LogP contribution is -2.10. The van der Waals surface area contributed by atoms with E-state index in [0.29, 0.717) is 0 Å². The second-order valence-electron chi connectivity index (χ2n) is 12.9. The highest BCUT2D eigenvalue weighted by Crippen LogP contribution is 2.50. The summed E-state index contributed by atoms with van der Waals surface area (Å²) in [6.07, 6.45) is 0. The number of rotatable bonds is 4. The Hall–Kier alpha value is -6.36. The minimum atomic E-state index is 0.864. The van der Waals surface area contributed by atoms with Crippen LogP contribution >= 0.6 is 11.3 Å². The number of para-hydroxylation sites is 2. The van der Waals surface area contributed by atoms with E-state index in [1.807, 2.05) is 29.5 Å². The Morgan fingerprint density at radius 2 is 1.08 bits per heavy atom. The second kappa shape index (κ2) is 10.6. The summed E-state index contributed by atoms with van der Waals surface area (Å²) in [4.78, 5) is 2.39. The van der Waals surface area contributed by atoms with Gasteiger partial charge in [-0.15, -0.1) is 11.3 Å². The Bertz CT molecular complexity index is 3100. The van der Waals surface area contributed by atoms with E-state index in [4.69, 9.17) is 8.83 Å². The smallest absolute Gasteiger partial charge is 0.144 e. The van der Waals surface area contributed by atoms with E-state index < -0.39 is 0 Å². The summed E-state index contributed by atoms with van der Waals surface area (Å²) in [6, 6.07) is 58.3. The van der Waals surface area contributed by atoms with E-state index in [1.165, 1.54) is 36.7 Å². The number of fused-ring (bicyclic) bond motifs is 11. The number of hydrogen-bond donors (Lipinski definition) is 0. The monoisotopic (exact) mass is 657 g/mol. The van der Waals surface area contributed by atoms with E-state index in [1.54, 1.807) is 0 Å². The summed E-state index contributed by atoms with van der Waals surface area (Å²) in [5.74, 6) is 0. The second-order valence-corrected chi connectivity index (χ2v) is 13.9. The van der Waals surface area contributed by atoms with Gasteiger partial charge in [0.15, 0.2) is 0 Å². The van der Waals surface area contributed by atoms with Crippen molar-refractivity contribution in [2.45, 2.75) is 0 Å². The molecule has 0 amide bonds. The lowest BCUT2D eigenvalue weighted by molar-refractivity contribution is 0.669. The number of hydrogen-bond acceptors (Lipinski definition) is 4. The lowest BCUT2D eigenvalue weighted by Gasteiger charge is -2.26. The van der Waals surface area contributed by atoms with Crippen LogP contribution in [0.2, 0.25) is 0 Å². The molecule has 0 unspecified atom stereocenters. The van der Waals surface area contributed by atoms with Crippen LogP contribution < -0.4 is 4.90 Å². The van der Waals surface area contributed by atoms with Crippen LogP contribution in [0.1, 0.15) is 0 Å². The first-order chi connectivity index (χ1) is 24.8. The minimum absolute atomic E-state index is 0.864. The van der Waals surface area contributed by atoms with Gasteiger partial charge in [-0.3, -0.25) is 0 Å². The third kappa shape index (κ3) is 4.03. The molecule has 0 N–H and O–H groups in total. The Balaban J connectivity index is 1.20. The van der Waals surface area contributed by atoms with E-state index in [0.717, 1.165) is 66.3 Å². The molecule has 0 bridgehead atoms. The fourth-order valence-electron chi connectivity index (χ4n) is 7.76. The summed E-state index contributed by atoms with van der Waals surface area (Å²) in [7, 11) is 0. The van der Waals surface area contributed by atoms with E-state index in [9.17, 15) is 0 Å². The molecule has 0 aliphatic heterocycles. The molecule has 4 heteroatoms. The molecule has 0 saturated heterocycles. The van der Waals surface area contributed by atoms with Crippen molar-refractivity contribution in [3.63, 3.8) is 0 Å². The molecule has 11 aromatic rings. The first-order valence-corrected chi connectivity index (χ1v) is 17.7. The molecule has 0 spiro atoms. The third-order valence-corrected chi connectivity index (χ3v) is 11.3. The standard InChI is InChI=1S/C46H27NO2S/c1-2-12-32-28(10-1)11-9-16-33(32)29-20-22-30(23-21-29)47(31-24-25-36-34-13-3-6-17-40(34)48-42(36)26-31)39-27-38-35-14-4-7-18-41(35)49-45(38)44-37-15-5-8-19-43(37)50-46(39)44/h1-27H. The SMILES string of the molecule is c1ccc2c(-c3ccc(N(c4ccc5c(c4)oc4ccccc45)c4cc5c6ccccc6oc5c5c4sc4ccccc45)cc3)cccc2c1. The molecular weight excluding hydrogens is 631 g/mol. The predicted molar refractivity (Wildman–Crippen MR) is 212 cm³/mol. The Labute approximate surface area is 290 Å². The molecule has 0 saturated carbocycles. The number of furan rings is 2. The van der Waals surface area contributed by atoms with Crippen molar-refractivity contribution in [3.05, 3.63) is 164 Å². The van der Waals surface area contributed by atoms with Crippen LogP contribution in [0.25, 0.3) is 85.9 Å². The van der Waals surface area contributed by atoms with Crippen LogP contribution in [0, 0.1) is 0 Å². The molecule has 0 atom stereocenters. The number of nitrogens with zero attached hydrogens (tertiary/aromatic N) is 1. The van der Waals surface area contributed by atoms with Gasteiger partial charge < -0.3 is 13.7 Å². The molecule has 0 radical (unpaired) electrons. The fraction of sp³-hybridized carbons (Fsp3) is 0. The first-order valence-electron chi connectivity index (χ1n) is 16.8. The number of anilines is 3. The Morgan fingerprint density at radius 1 is 0.440 bits per heavy atom. The van der Waals surface area contributed by atoms with Gasteiger partial charge in [-0.1, -0.05) is 109 Å². The molecule has 3 heterocycles. The Kier molecular flexibility index (Phi) is 5.83. The zero-order chi connectivity index (χ0) is 32.8. The molecular formula is C46H27NO2S. The number of thiophene rings is 1. The molecule has 3 nitrogen and oxygen atoms in total. The van der Waals surface area contributed by atoms with Gasteiger partial charge in [-0.25, -0.2) is 0 Å². The molecule has 50 heavy (non-hydrogen) atoms. The molecule has 0 aliphatic carbocycles. The van der Waals surface area contributed by atoms with Gasteiger partial charge in [0.25, 0.3) is 0 Å². The van der Waals surface area contributed by atoms with Crippen molar-refractivity contribution in [3.8, 4) is 11.1 Å². The molecule has 234 valence electrons. The van der Waals surface area contributed by atoms with Gasteiger partial charge in [-0.05, 0) is 70.4 Å². The van der Waals surface area contributed by atoms with Gasteiger partial charge in [-0.2, -0.15) is 0 Å². The molecule has 8 aromatic carbocycles. The maximum atomic E-state index is 6.64. The molecule has 3 aromatic heterocycles. The third-order valence-electron chi connectivity index (χ3n) is 10.1. The minimum Gasteiger partial charge on any atom is -0.456 e. The van der Waals surface area contributed by atoms with Crippen molar-refractivity contribution < 1.29 is 8.83 Å². The molecule has 0 aliphatic rings. The van der Waals surface area contributed by atoms with Crippen molar-refractivity contribution in [1.29, 1.82) is 0 Å². The van der Waals surface area contributed by atoms with Crippen LogP contribution in [0.15, 0.2) is 173 Å². The largest absolute Gasteiger partial charge is 0.456 e. The van der Waals surface area contributed by atoms with Crippen molar-refractivity contribution in [1.82, 2.24) is 0 Å². The van der Waals surface area contributed by atoms with E-state index in [-0.39, 0.29) is 0 Å². The van der Waals surface area contributed by atoms with Crippen molar-refractivity contribution in [2.75, 3.05) is 4.90 Å². The summed E-state index contributed by atoms with van der Waals surface area (Å²) in [6.45, 7) is 0. The zero-order valence-electron chi connectivity index (χ0n) is 26.8. The number of benzene rings is 8. The van der Waals surface area contributed by atoms with Crippen LogP contribution in [-0.4, -0.2) is 0 Å². The topological polar surface area (TPSA) is 29.5 Å². The fourth-order valence-corrected chi connectivity index (χ4v) is 8.97. The molecule has 0 fully saturated rings. The predicted octanol–water partition coefficient (Wildman–Crippen LogP) is 14.1. The average molecular weight is 658 g/mol. The van der Waals surface area contributed by atoms with Crippen molar-refractivity contribution >= 4 is 103 Å². The van der Waals surface area contributed by atoms with Crippen LogP contribution in [0.3, 0.4) is 0 Å². The van der Waals surface area contributed by atoms with Crippen molar-refractivity contribution in [2.24, 2.45) is 0 Å². The summed E-state index contributed by atoms with van der Waals surface area (Å²) in [5.41, 5.74) is 9.19. The van der Waals surface area contributed by atoms with Crippen LogP contribution in [0.4, 0.5) is 17.1 Å². The van der Waals surface area contributed by atoms with Gasteiger partial charge in [0.05, 0.1) is 10.4 Å². The molecule has 11 rings (SSSR count). The Morgan fingerprint density at radius 3 is 1.92 bits per heavy atom. The highest BCUT2D eigenvalue weighted by molar-refractivity contribution is 7.26. The lowest BCUT2D eigenvalue weighted by atomic mass is 9.98. The summed E-state index contributed by atoms with van der Waals surface area (Å²) >= 11 is 1.81. The quantitative estimate of drug-likeness (QED) is 0.189. The highest BCUT2D eigenvalue weighted by Gasteiger charge is 2.24. The zero-order valence-corrected chi connectivity index (χ0v) is 27.6. The van der Waals surface area contributed by atoms with Gasteiger partial charge in [0.2, 0.25) is 0 Å². The normalized spacial score (nSPS) is 12.0.